The molecule has 1 aliphatic rings. The van der Waals surface area contributed by atoms with Crippen molar-refractivity contribution < 1.29 is 4.79 Å². The number of nitrogens with one attached hydrogen (secondary N) is 2. The molecule has 0 aromatic heterocycles. The van der Waals surface area contributed by atoms with Gasteiger partial charge in [-0.15, -0.1) is 0 Å². The van der Waals surface area contributed by atoms with Crippen LogP contribution in [-0.4, -0.2) is 48.7 Å². The van der Waals surface area contributed by atoms with Gasteiger partial charge in [-0.1, -0.05) is 0 Å². The molecule has 2 amide bonds. The Morgan fingerprint density at radius 1 is 1.47 bits per heavy atom. The average molecular weight is 242 g/mol. The Morgan fingerprint density at radius 3 is 2.76 bits per heavy atom. The lowest BCUT2D eigenvalue weighted by atomic mass is 10.1. The van der Waals surface area contributed by atoms with Crippen molar-refractivity contribution in [3.05, 3.63) is 0 Å². The molecular weight excluding hydrogens is 216 g/mol. The van der Waals surface area contributed by atoms with Gasteiger partial charge in [-0.2, -0.15) is 0 Å². The fraction of sp³-hybridized carbons (Fsp3) is 0.917. The number of carbonyl (C=O) groups is 1. The van der Waals surface area contributed by atoms with Crippen molar-refractivity contribution in [1.82, 2.24) is 15.5 Å². The summed E-state index contributed by atoms with van der Waals surface area (Å²) in [5.74, 6) is 0. The molecule has 0 bridgehead atoms. The number of hydrogen-bond donors (Lipinski definition) is 3. The summed E-state index contributed by atoms with van der Waals surface area (Å²) in [7, 11) is 0. The first-order valence-electron chi connectivity index (χ1n) is 6.42. The fourth-order valence-corrected chi connectivity index (χ4v) is 2.03. The Morgan fingerprint density at radius 2 is 2.18 bits per heavy atom. The third-order valence-corrected chi connectivity index (χ3v) is 2.77. The summed E-state index contributed by atoms with van der Waals surface area (Å²) >= 11 is 0. The van der Waals surface area contributed by atoms with Crippen molar-refractivity contribution in [3.8, 4) is 0 Å². The lowest BCUT2D eigenvalue weighted by Crippen LogP contribution is -2.50. The first-order valence-corrected chi connectivity index (χ1v) is 6.42. The SMILES string of the molecule is CC(C)(C)NC(=O)N[C@H]1CCN(CCCN)C1. The van der Waals surface area contributed by atoms with Crippen LogP contribution in [0.4, 0.5) is 4.79 Å². The highest BCUT2D eigenvalue weighted by Gasteiger charge is 2.24. The van der Waals surface area contributed by atoms with Gasteiger partial charge in [0.1, 0.15) is 0 Å². The molecule has 1 saturated heterocycles. The third-order valence-electron chi connectivity index (χ3n) is 2.77. The summed E-state index contributed by atoms with van der Waals surface area (Å²) in [5.41, 5.74) is 5.31. The zero-order chi connectivity index (χ0) is 12.9. The van der Waals surface area contributed by atoms with Crippen LogP contribution in [0, 0.1) is 0 Å². The van der Waals surface area contributed by atoms with Crippen LogP contribution < -0.4 is 16.4 Å². The number of likely N-dealkylation sites (tertiary alicyclic amines) is 1. The lowest BCUT2D eigenvalue weighted by molar-refractivity contribution is 0.227. The minimum absolute atomic E-state index is 0.0665. The van der Waals surface area contributed by atoms with Gasteiger partial charge in [-0.3, -0.25) is 0 Å². The fourth-order valence-electron chi connectivity index (χ4n) is 2.03. The van der Waals surface area contributed by atoms with E-state index in [0.717, 1.165) is 39.0 Å². The highest BCUT2D eigenvalue weighted by atomic mass is 16.2. The molecule has 1 aliphatic heterocycles. The number of amides is 2. The maximum atomic E-state index is 11.7. The normalized spacial score (nSPS) is 21.5. The molecule has 0 spiro atoms. The zero-order valence-corrected chi connectivity index (χ0v) is 11.3. The van der Waals surface area contributed by atoms with Crippen LogP contribution in [-0.2, 0) is 0 Å². The van der Waals surface area contributed by atoms with E-state index in [-0.39, 0.29) is 17.6 Å². The van der Waals surface area contributed by atoms with Crippen molar-refractivity contribution in [3.63, 3.8) is 0 Å². The number of rotatable bonds is 4. The summed E-state index contributed by atoms with van der Waals surface area (Å²) in [5, 5.41) is 5.93. The Balaban J connectivity index is 2.23. The minimum Gasteiger partial charge on any atom is -0.334 e. The van der Waals surface area contributed by atoms with Gasteiger partial charge in [0.2, 0.25) is 0 Å². The van der Waals surface area contributed by atoms with Crippen molar-refractivity contribution in [2.45, 2.75) is 45.2 Å². The predicted molar refractivity (Wildman–Crippen MR) is 69.9 cm³/mol. The second-order valence-electron chi connectivity index (χ2n) is 5.78. The zero-order valence-electron chi connectivity index (χ0n) is 11.3. The molecule has 1 fully saturated rings. The van der Waals surface area contributed by atoms with Gasteiger partial charge in [0.05, 0.1) is 0 Å². The van der Waals surface area contributed by atoms with E-state index in [4.69, 9.17) is 5.73 Å². The molecule has 1 atom stereocenters. The van der Waals surface area contributed by atoms with E-state index in [2.05, 4.69) is 15.5 Å². The van der Waals surface area contributed by atoms with Crippen LogP contribution >= 0.6 is 0 Å². The van der Waals surface area contributed by atoms with Gasteiger partial charge >= 0.3 is 6.03 Å². The highest BCUT2D eigenvalue weighted by molar-refractivity contribution is 5.75. The van der Waals surface area contributed by atoms with Gasteiger partial charge in [0.25, 0.3) is 0 Å². The maximum Gasteiger partial charge on any atom is 0.315 e. The van der Waals surface area contributed by atoms with Crippen LogP contribution in [0.2, 0.25) is 0 Å². The Kier molecular flexibility index (Phi) is 5.21. The number of nitrogens with two attached hydrogens (primary N) is 1. The molecule has 1 heterocycles. The molecule has 0 saturated carbocycles. The Bertz CT molecular complexity index is 249. The lowest BCUT2D eigenvalue weighted by Gasteiger charge is -2.23. The average Bonchev–Trinajstić information content (AvgIpc) is 2.59. The Labute approximate surface area is 104 Å². The second-order valence-corrected chi connectivity index (χ2v) is 5.78. The van der Waals surface area contributed by atoms with E-state index in [1.54, 1.807) is 0 Å². The van der Waals surface area contributed by atoms with Crippen molar-refractivity contribution in [2.75, 3.05) is 26.2 Å². The molecule has 4 N–H and O–H groups in total. The first kappa shape index (κ1) is 14.3. The van der Waals surface area contributed by atoms with Crippen LogP contribution in [0.1, 0.15) is 33.6 Å². The topological polar surface area (TPSA) is 70.4 Å². The van der Waals surface area contributed by atoms with Crippen LogP contribution in [0.25, 0.3) is 0 Å². The smallest absolute Gasteiger partial charge is 0.315 e. The van der Waals surface area contributed by atoms with Gasteiger partial charge in [-0.05, 0) is 46.7 Å². The third kappa shape index (κ3) is 5.89. The van der Waals surface area contributed by atoms with Crippen molar-refractivity contribution in [2.24, 2.45) is 5.73 Å². The van der Waals surface area contributed by atoms with E-state index in [1.807, 2.05) is 20.8 Å². The van der Waals surface area contributed by atoms with Gasteiger partial charge in [0, 0.05) is 24.7 Å². The van der Waals surface area contributed by atoms with Crippen LogP contribution in [0.3, 0.4) is 0 Å². The maximum absolute atomic E-state index is 11.7. The summed E-state index contributed by atoms with van der Waals surface area (Å²) in [6.07, 6.45) is 2.06. The summed E-state index contributed by atoms with van der Waals surface area (Å²) in [6, 6.07) is 0.207. The molecule has 17 heavy (non-hydrogen) atoms. The molecule has 5 heteroatoms. The highest BCUT2D eigenvalue weighted by Crippen LogP contribution is 2.09. The molecule has 100 valence electrons. The van der Waals surface area contributed by atoms with E-state index in [0.29, 0.717) is 0 Å². The van der Waals surface area contributed by atoms with Crippen LogP contribution in [0.15, 0.2) is 0 Å². The van der Waals surface area contributed by atoms with E-state index in [9.17, 15) is 4.79 Å². The van der Waals surface area contributed by atoms with Gasteiger partial charge in [0.15, 0.2) is 0 Å². The molecular formula is C12H26N4O. The predicted octanol–water partition coefficient (Wildman–Crippen LogP) is 0.507. The molecule has 0 unspecified atom stereocenters. The van der Waals surface area contributed by atoms with Crippen molar-refractivity contribution in [1.29, 1.82) is 0 Å². The monoisotopic (exact) mass is 242 g/mol. The van der Waals surface area contributed by atoms with E-state index >= 15 is 0 Å². The summed E-state index contributed by atoms with van der Waals surface area (Å²) in [4.78, 5) is 14.0. The largest absolute Gasteiger partial charge is 0.334 e. The number of carbonyl (C=O) groups excluding carboxylic acids is 1. The molecule has 0 aromatic carbocycles. The summed E-state index contributed by atoms with van der Waals surface area (Å²) in [6.45, 7) is 9.71. The van der Waals surface area contributed by atoms with Gasteiger partial charge < -0.3 is 21.3 Å². The number of hydrogen-bond acceptors (Lipinski definition) is 3. The standard InChI is InChI=1S/C12H26N4O/c1-12(2,3)15-11(17)14-10-5-8-16(9-10)7-4-6-13/h10H,4-9,13H2,1-3H3,(H2,14,15,17)/t10-/m0/s1. The molecule has 1 rings (SSSR count). The van der Waals surface area contributed by atoms with Crippen molar-refractivity contribution >= 4 is 6.03 Å². The number of urea groups is 1. The first-order chi connectivity index (χ1) is 7.90. The Hall–Kier alpha value is -0.810. The second kappa shape index (κ2) is 6.21. The molecule has 0 aliphatic carbocycles. The minimum atomic E-state index is -0.179. The van der Waals surface area contributed by atoms with E-state index in [1.165, 1.54) is 0 Å². The molecule has 0 aromatic rings. The molecule has 5 nitrogen and oxygen atoms in total. The van der Waals surface area contributed by atoms with E-state index < -0.39 is 0 Å². The number of nitrogens with zero attached hydrogens (tertiary/aromatic N) is 1. The van der Waals surface area contributed by atoms with Gasteiger partial charge in [-0.25, -0.2) is 4.79 Å². The summed E-state index contributed by atoms with van der Waals surface area (Å²) < 4.78 is 0. The van der Waals surface area contributed by atoms with Crippen LogP contribution in [0.5, 0.6) is 0 Å². The molecule has 0 radical (unpaired) electrons. The quantitative estimate of drug-likeness (QED) is 0.672.